The monoisotopic (exact) mass is 316 g/mol. The predicted octanol–water partition coefficient (Wildman–Crippen LogP) is 1.80. The lowest BCUT2D eigenvalue weighted by Gasteiger charge is -2.60. The first-order valence-corrected chi connectivity index (χ1v) is 7.47. The number of rotatable bonds is 1. The van der Waals surface area contributed by atoms with Crippen molar-refractivity contribution in [3.8, 4) is 0 Å². The molecule has 0 saturated carbocycles. The average molecular weight is 316 g/mol. The summed E-state index contributed by atoms with van der Waals surface area (Å²) < 4.78 is 21.9. The maximum absolute atomic E-state index is 16.2. The van der Waals surface area contributed by atoms with Crippen LogP contribution in [0.5, 0.6) is 0 Å². The molecule has 1 fully saturated rings. The maximum atomic E-state index is 16.2. The van der Waals surface area contributed by atoms with Crippen LogP contribution < -0.4 is 0 Å². The molecule has 0 radical (unpaired) electrons. The highest BCUT2D eigenvalue weighted by Gasteiger charge is 2.71. The molecule has 23 heavy (non-hydrogen) atoms. The number of hydrogen-bond acceptors (Lipinski definition) is 3. The number of nitrogens with zero attached hydrogens (tertiary/aromatic N) is 2. The van der Waals surface area contributed by atoms with Crippen molar-refractivity contribution < 1.29 is 18.7 Å². The molecular weight excluding hydrogens is 299 g/mol. The number of imide groups is 1. The van der Waals surface area contributed by atoms with Gasteiger partial charge >= 0.3 is 6.03 Å². The molecule has 1 aromatic carbocycles. The van der Waals surface area contributed by atoms with E-state index in [-0.39, 0.29) is 0 Å². The first-order chi connectivity index (χ1) is 10.9. The number of ether oxygens (including phenoxy) is 1. The van der Waals surface area contributed by atoms with Crippen LogP contribution in [0.2, 0.25) is 0 Å². The van der Waals surface area contributed by atoms with E-state index >= 15 is 4.39 Å². The Morgan fingerprint density at radius 1 is 1.22 bits per heavy atom. The Kier molecular flexibility index (Phi) is 2.63. The van der Waals surface area contributed by atoms with Crippen molar-refractivity contribution in [3.05, 3.63) is 47.5 Å². The summed E-state index contributed by atoms with van der Waals surface area (Å²) in [6.07, 6.45) is 3.47. The van der Waals surface area contributed by atoms with Gasteiger partial charge in [-0.15, -0.1) is 0 Å². The Morgan fingerprint density at radius 3 is 2.61 bits per heavy atom. The standard InChI is InChI=1S/C17H17FN2O3/c1-19-13-16(23-3)9-8-12(10-6-4-5-7-11(10)16)17(13,18)14(21)20(2)15(19)22/h4-9,12-13H,1-3H3. The first-order valence-electron chi connectivity index (χ1n) is 7.47. The fraction of sp³-hybridized carbons (Fsp3) is 0.412. The molecule has 3 aliphatic carbocycles. The lowest BCUT2D eigenvalue weighted by atomic mass is 9.57. The summed E-state index contributed by atoms with van der Waals surface area (Å²) in [4.78, 5) is 27.2. The number of allylic oxidation sites excluding steroid dienone is 1. The number of carbonyl (C=O) groups is 2. The van der Waals surface area contributed by atoms with Crippen molar-refractivity contribution in [1.82, 2.24) is 9.80 Å². The van der Waals surface area contributed by atoms with E-state index in [4.69, 9.17) is 4.74 Å². The number of alkyl halides is 1. The van der Waals surface area contributed by atoms with Gasteiger partial charge in [-0.05, 0) is 17.2 Å². The van der Waals surface area contributed by atoms with E-state index in [1.165, 1.54) is 26.1 Å². The molecule has 1 heterocycles. The van der Waals surface area contributed by atoms with Gasteiger partial charge in [0.2, 0.25) is 5.67 Å². The summed E-state index contributed by atoms with van der Waals surface area (Å²) in [6.45, 7) is 0. The van der Waals surface area contributed by atoms with Gasteiger partial charge in [-0.3, -0.25) is 9.69 Å². The summed E-state index contributed by atoms with van der Waals surface area (Å²) in [7, 11) is 4.31. The molecule has 120 valence electrons. The summed E-state index contributed by atoms with van der Waals surface area (Å²) in [5.74, 6) is -1.54. The van der Waals surface area contributed by atoms with Gasteiger partial charge in [0.1, 0.15) is 11.6 Å². The fourth-order valence-corrected chi connectivity index (χ4v) is 4.44. The number of amides is 3. The van der Waals surface area contributed by atoms with Gasteiger partial charge in [-0.25, -0.2) is 9.18 Å². The summed E-state index contributed by atoms with van der Waals surface area (Å²) in [5, 5.41) is 0. The molecule has 1 aromatic rings. The highest BCUT2D eigenvalue weighted by atomic mass is 19.1. The van der Waals surface area contributed by atoms with Crippen LogP contribution in [0.15, 0.2) is 36.4 Å². The third kappa shape index (κ3) is 1.36. The number of methoxy groups -OCH3 is 1. The Balaban J connectivity index is 2.06. The molecule has 0 spiro atoms. The van der Waals surface area contributed by atoms with Crippen molar-refractivity contribution >= 4 is 11.9 Å². The zero-order valence-electron chi connectivity index (χ0n) is 13.1. The molecule has 4 aliphatic rings. The molecule has 0 aromatic heterocycles. The van der Waals surface area contributed by atoms with E-state index in [9.17, 15) is 9.59 Å². The quantitative estimate of drug-likeness (QED) is 0.742. The van der Waals surface area contributed by atoms with Crippen LogP contribution in [-0.2, 0) is 15.1 Å². The Labute approximate surface area is 133 Å². The normalized spacial score (nSPS) is 37.9. The van der Waals surface area contributed by atoms with Crippen LogP contribution in [0.4, 0.5) is 9.18 Å². The summed E-state index contributed by atoms with van der Waals surface area (Å²) >= 11 is 0. The summed E-state index contributed by atoms with van der Waals surface area (Å²) in [5.41, 5.74) is -1.86. The minimum absolute atomic E-state index is 0.525. The van der Waals surface area contributed by atoms with E-state index in [0.717, 1.165) is 16.0 Å². The third-order valence-electron chi connectivity index (χ3n) is 5.46. The molecule has 6 heteroatoms. The number of halogens is 1. The van der Waals surface area contributed by atoms with E-state index in [1.807, 2.05) is 24.3 Å². The minimum Gasteiger partial charge on any atom is -0.367 e. The van der Waals surface area contributed by atoms with E-state index in [2.05, 4.69) is 0 Å². The number of hydrogen-bond donors (Lipinski definition) is 0. The van der Waals surface area contributed by atoms with Gasteiger partial charge in [-0.2, -0.15) is 0 Å². The Bertz CT molecular complexity index is 764. The molecule has 4 atom stereocenters. The van der Waals surface area contributed by atoms with E-state index in [0.29, 0.717) is 0 Å². The van der Waals surface area contributed by atoms with Gasteiger partial charge in [0.25, 0.3) is 5.91 Å². The second-order valence-electron chi connectivity index (χ2n) is 6.35. The minimum atomic E-state index is -2.24. The van der Waals surface area contributed by atoms with E-state index in [1.54, 1.807) is 12.2 Å². The van der Waals surface area contributed by atoms with Gasteiger partial charge in [0, 0.05) is 27.1 Å². The van der Waals surface area contributed by atoms with Crippen LogP contribution in [0.1, 0.15) is 17.0 Å². The lowest BCUT2D eigenvalue weighted by Crippen LogP contribution is -2.77. The average Bonchev–Trinajstić information content (AvgIpc) is 2.58. The van der Waals surface area contributed by atoms with Crippen molar-refractivity contribution in [1.29, 1.82) is 0 Å². The number of benzene rings is 1. The molecule has 1 aliphatic heterocycles. The smallest absolute Gasteiger partial charge is 0.326 e. The Morgan fingerprint density at radius 2 is 1.91 bits per heavy atom. The van der Waals surface area contributed by atoms with E-state index < -0.39 is 35.2 Å². The molecule has 2 bridgehead atoms. The van der Waals surface area contributed by atoms with Crippen LogP contribution in [0, 0.1) is 0 Å². The van der Waals surface area contributed by atoms with Gasteiger partial charge in [0.05, 0.1) is 0 Å². The first kappa shape index (κ1) is 14.4. The number of likely N-dealkylation sites (N-methyl/N-ethyl adjacent to an activating group) is 1. The molecule has 4 unspecified atom stereocenters. The van der Waals surface area contributed by atoms with Crippen molar-refractivity contribution in [2.45, 2.75) is 23.2 Å². The zero-order chi connectivity index (χ0) is 16.6. The highest BCUT2D eigenvalue weighted by Crippen LogP contribution is 2.59. The largest absolute Gasteiger partial charge is 0.367 e. The predicted molar refractivity (Wildman–Crippen MR) is 80.6 cm³/mol. The lowest BCUT2D eigenvalue weighted by molar-refractivity contribution is -0.172. The fourth-order valence-electron chi connectivity index (χ4n) is 4.44. The van der Waals surface area contributed by atoms with Crippen LogP contribution in [0.25, 0.3) is 0 Å². The second-order valence-corrected chi connectivity index (χ2v) is 6.35. The SMILES string of the molecule is COC12C=CC(c3ccccc31)C1(F)C(=O)N(C)C(=O)N(C)C21. The molecule has 3 amide bonds. The number of carbonyl (C=O) groups excluding carboxylic acids is 2. The molecule has 0 N–H and O–H groups in total. The van der Waals surface area contributed by atoms with Crippen molar-refractivity contribution in [3.63, 3.8) is 0 Å². The molecule has 1 saturated heterocycles. The summed E-state index contributed by atoms with van der Waals surface area (Å²) in [6, 6.07) is 5.81. The highest BCUT2D eigenvalue weighted by molar-refractivity contribution is 6.04. The maximum Gasteiger partial charge on any atom is 0.326 e. The molecular formula is C17H17FN2O3. The van der Waals surface area contributed by atoms with Crippen LogP contribution >= 0.6 is 0 Å². The zero-order valence-corrected chi connectivity index (χ0v) is 13.1. The van der Waals surface area contributed by atoms with Crippen LogP contribution in [0.3, 0.4) is 0 Å². The van der Waals surface area contributed by atoms with Gasteiger partial charge in [-0.1, -0.05) is 30.3 Å². The topological polar surface area (TPSA) is 49.9 Å². The van der Waals surface area contributed by atoms with Crippen LogP contribution in [-0.4, -0.2) is 54.7 Å². The Hall–Kier alpha value is -2.21. The third-order valence-corrected chi connectivity index (χ3v) is 5.46. The molecule has 5 nitrogen and oxygen atoms in total. The van der Waals surface area contributed by atoms with Gasteiger partial charge < -0.3 is 9.64 Å². The molecule has 5 rings (SSSR count). The number of urea groups is 1. The van der Waals surface area contributed by atoms with Crippen molar-refractivity contribution in [2.24, 2.45) is 0 Å². The second kappa shape index (κ2) is 4.20. The van der Waals surface area contributed by atoms with Crippen molar-refractivity contribution in [2.75, 3.05) is 21.2 Å². The van der Waals surface area contributed by atoms with Gasteiger partial charge in [0.15, 0.2) is 0 Å².